The van der Waals surface area contributed by atoms with Crippen LogP contribution in [0.4, 0.5) is 9.59 Å². The highest BCUT2D eigenvalue weighted by Gasteiger charge is 2.43. The second-order valence-electron chi connectivity index (χ2n) is 11.4. The van der Waals surface area contributed by atoms with Gasteiger partial charge in [-0.3, -0.25) is 20.0 Å². The van der Waals surface area contributed by atoms with Crippen LogP contribution in [0.25, 0.3) is 0 Å². The molecular formula is C25H44N6O6. The monoisotopic (exact) mass is 524 g/mol. The number of nitrogens with two attached hydrogens (primary N) is 1. The van der Waals surface area contributed by atoms with Crippen LogP contribution < -0.4 is 5.73 Å². The van der Waals surface area contributed by atoms with Gasteiger partial charge in [-0.2, -0.15) is 0 Å². The summed E-state index contributed by atoms with van der Waals surface area (Å²) in [6, 6.07) is -0.590. The first kappa shape index (κ1) is 29.0. The lowest BCUT2D eigenvalue weighted by Gasteiger charge is -2.40. The molecule has 3 heterocycles. The predicted octanol–water partition coefficient (Wildman–Crippen LogP) is 1.98. The molecule has 3 aliphatic heterocycles. The van der Waals surface area contributed by atoms with Gasteiger partial charge >= 0.3 is 18.2 Å². The van der Waals surface area contributed by atoms with Crippen LogP contribution in [0, 0.1) is 11.3 Å². The van der Waals surface area contributed by atoms with E-state index in [9.17, 15) is 14.4 Å². The summed E-state index contributed by atoms with van der Waals surface area (Å²) in [6.07, 6.45) is 1.83. The number of carboxylic acids is 1. The number of cyclic esters (lactones) is 1. The molecule has 0 aliphatic carbocycles. The predicted molar refractivity (Wildman–Crippen MR) is 137 cm³/mol. The summed E-state index contributed by atoms with van der Waals surface area (Å²) in [5.41, 5.74) is 5.23. The summed E-state index contributed by atoms with van der Waals surface area (Å²) in [5.74, 6) is -0.594. The summed E-state index contributed by atoms with van der Waals surface area (Å²) in [6.45, 7) is 12.4. The number of aliphatic carboxylic acids is 1. The van der Waals surface area contributed by atoms with Gasteiger partial charge in [0.15, 0.2) is 6.23 Å². The molecule has 0 aromatic carbocycles. The molecule has 0 saturated carbocycles. The van der Waals surface area contributed by atoms with Gasteiger partial charge < -0.3 is 30.1 Å². The smallest absolute Gasteiger partial charge is 0.411 e. The average molecular weight is 525 g/mol. The molecule has 12 nitrogen and oxygen atoms in total. The zero-order chi connectivity index (χ0) is 27.3. The number of hydrogen-bond donors (Lipinski definition) is 3. The Balaban J connectivity index is 1.47. The maximum absolute atomic E-state index is 12.7. The van der Waals surface area contributed by atoms with Crippen molar-refractivity contribution in [3.63, 3.8) is 0 Å². The van der Waals surface area contributed by atoms with Gasteiger partial charge in [-0.25, -0.2) is 9.59 Å². The van der Waals surface area contributed by atoms with Crippen molar-refractivity contribution >= 4 is 24.0 Å². The molecule has 210 valence electrons. The molecule has 12 heteroatoms. The van der Waals surface area contributed by atoms with Gasteiger partial charge in [0.05, 0.1) is 12.1 Å². The molecule has 3 rings (SSSR count). The fourth-order valence-electron chi connectivity index (χ4n) is 5.42. The summed E-state index contributed by atoms with van der Waals surface area (Å²) >= 11 is 0. The van der Waals surface area contributed by atoms with E-state index in [2.05, 4.69) is 9.80 Å². The van der Waals surface area contributed by atoms with Crippen LogP contribution in [0.1, 0.15) is 59.8 Å². The number of ether oxygens (including phenoxy) is 2. The number of nitrogens with zero attached hydrogens (tertiary/aromatic N) is 4. The van der Waals surface area contributed by atoms with Gasteiger partial charge in [0.2, 0.25) is 0 Å². The molecule has 2 amide bonds. The van der Waals surface area contributed by atoms with Crippen molar-refractivity contribution < 1.29 is 29.0 Å². The molecule has 0 radical (unpaired) electrons. The van der Waals surface area contributed by atoms with Gasteiger partial charge in [0, 0.05) is 45.7 Å². The van der Waals surface area contributed by atoms with Crippen LogP contribution in [0.5, 0.6) is 0 Å². The minimum atomic E-state index is -0.768. The van der Waals surface area contributed by atoms with Crippen LogP contribution in [-0.4, -0.2) is 118 Å². The maximum atomic E-state index is 12.7. The molecule has 3 saturated heterocycles. The Morgan fingerprint density at radius 3 is 2.43 bits per heavy atom. The first-order valence-corrected chi connectivity index (χ1v) is 13.3. The average Bonchev–Trinajstić information content (AvgIpc) is 3.09. The van der Waals surface area contributed by atoms with Crippen LogP contribution in [0.15, 0.2) is 0 Å². The molecule has 4 atom stereocenters. The molecule has 3 aliphatic rings. The van der Waals surface area contributed by atoms with Gasteiger partial charge in [0.1, 0.15) is 11.4 Å². The third kappa shape index (κ3) is 7.94. The Hall–Kier alpha value is -2.60. The van der Waals surface area contributed by atoms with E-state index in [1.165, 1.54) is 0 Å². The quantitative estimate of drug-likeness (QED) is 0.303. The van der Waals surface area contributed by atoms with Crippen molar-refractivity contribution in [1.29, 1.82) is 5.41 Å². The first-order valence-electron chi connectivity index (χ1n) is 13.3. The van der Waals surface area contributed by atoms with Crippen molar-refractivity contribution in [2.45, 2.75) is 83.7 Å². The van der Waals surface area contributed by atoms with Crippen molar-refractivity contribution in [2.24, 2.45) is 11.7 Å². The Morgan fingerprint density at radius 1 is 1.16 bits per heavy atom. The Kier molecular flexibility index (Phi) is 9.63. The lowest BCUT2D eigenvalue weighted by atomic mass is 9.87. The fourth-order valence-corrected chi connectivity index (χ4v) is 5.42. The largest absolute Gasteiger partial charge is 0.481 e. The topological polar surface area (TPSA) is 153 Å². The Labute approximate surface area is 219 Å². The van der Waals surface area contributed by atoms with Gasteiger partial charge in [-0.05, 0) is 65.8 Å². The highest BCUT2D eigenvalue weighted by atomic mass is 16.6. The van der Waals surface area contributed by atoms with E-state index in [0.29, 0.717) is 25.9 Å². The van der Waals surface area contributed by atoms with Gasteiger partial charge in [-0.1, -0.05) is 0 Å². The molecule has 37 heavy (non-hydrogen) atoms. The molecule has 4 N–H and O–H groups in total. The molecule has 0 aromatic rings. The standard InChI is InChI=1S/C25H44N6O6/c1-17-22(29-14-12-28(13-15-29)9-5-6-20(32)33)36-23(34)30(17)10-7-18-8-11-31(19(16-18)21(26)27)24(35)37-25(2,3)4/h17-19,22H,5-16H2,1-4H3,(H3,26,27)(H,32,33). The highest BCUT2D eigenvalue weighted by Crippen LogP contribution is 2.30. The number of carbonyl (C=O) groups is 3. The summed E-state index contributed by atoms with van der Waals surface area (Å²) in [7, 11) is 0. The van der Waals surface area contributed by atoms with E-state index >= 15 is 0 Å². The van der Waals surface area contributed by atoms with Crippen molar-refractivity contribution in [3.8, 4) is 0 Å². The van der Waals surface area contributed by atoms with Gasteiger partial charge in [0.25, 0.3) is 0 Å². The number of amides is 2. The number of nitrogens with one attached hydrogen (secondary N) is 1. The lowest BCUT2D eigenvalue weighted by Crippen LogP contribution is -2.54. The summed E-state index contributed by atoms with van der Waals surface area (Å²) in [4.78, 5) is 43.9. The first-order chi connectivity index (χ1) is 17.4. The van der Waals surface area contributed by atoms with E-state index in [1.54, 1.807) is 9.80 Å². The molecule has 4 unspecified atom stereocenters. The normalized spacial score (nSPS) is 27.7. The third-order valence-electron chi connectivity index (χ3n) is 7.47. The van der Waals surface area contributed by atoms with Crippen molar-refractivity contribution in [2.75, 3.05) is 45.8 Å². The number of carboxylic acid groups (broad SMARTS) is 1. The van der Waals surface area contributed by atoms with E-state index in [0.717, 1.165) is 45.6 Å². The Morgan fingerprint density at radius 2 is 1.84 bits per heavy atom. The number of likely N-dealkylation sites (tertiary alicyclic amines) is 1. The minimum absolute atomic E-state index is 0.0494. The third-order valence-corrected chi connectivity index (χ3v) is 7.47. The van der Waals surface area contributed by atoms with E-state index in [1.807, 2.05) is 27.7 Å². The second kappa shape index (κ2) is 12.3. The fraction of sp³-hybridized carbons (Fsp3) is 0.840. The number of rotatable bonds is 9. The lowest BCUT2D eigenvalue weighted by molar-refractivity contribution is -0.137. The number of carbonyl (C=O) groups excluding carboxylic acids is 2. The number of amidine groups is 1. The minimum Gasteiger partial charge on any atom is -0.481 e. The molecule has 0 aromatic heterocycles. The number of hydrogen-bond acceptors (Lipinski definition) is 8. The molecule has 0 spiro atoms. The van der Waals surface area contributed by atoms with E-state index in [-0.39, 0.29) is 36.5 Å². The van der Waals surface area contributed by atoms with Crippen molar-refractivity contribution in [1.82, 2.24) is 19.6 Å². The zero-order valence-corrected chi connectivity index (χ0v) is 22.6. The maximum Gasteiger partial charge on any atom is 0.411 e. The highest BCUT2D eigenvalue weighted by molar-refractivity contribution is 5.86. The number of piperazine rings is 1. The number of piperidine rings is 1. The van der Waals surface area contributed by atoms with E-state index in [4.69, 9.17) is 25.7 Å². The molecular weight excluding hydrogens is 480 g/mol. The zero-order valence-electron chi connectivity index (χ0n) is 22.6. The molecule has 0 bridgehead atoms. The van der Waals surface area contributed by atoms with Crippen LogP contribution >= 0.6 is 0 Å². The van der Waals surface area contributed by atoms with E-state index < -0.39 is 23.7 Å². The van der Waals surface area contributed by atoms with Crippen LogP contribution in [-0.2, 0) is 14.3 Å². The summed E-state index contributed by atoms with van der Waals surface area (Å²) < 4.78 is 11.3. The SMILES string of the molecule is CC1C(N2CCN(CCCC(=O)O)CC2)OC(=O)N1CCC1CCN(C(=O)OC(C)(C)C)C(C(=N)N)C1. The summed E-state index contributed by atoms with van der Waals surface area (Å²) in [5, 5.41) is 16.8. The molecule has 3 fully saturated rings. The van der Waals surface area contributed by atoms with Crippen LogP contribution in [0.2, 0.25) is 0 Å². The second-order valence-corrected chi connectivity index (χ2v) is 11.4. The van der Waals surface area contributed by atoms with Crippen molar-refractivity contribution in [3.05, 3.63) is 0 Å². The van der Waals surface area contributed by atoms with Gasteiger partial charge in [-0.15, -0.1) is 0 Å². The van der Waals surface area contributed by atoms with Crippen LogP contribution in [0.3, 0.4) is 0 Å². The Bertz CT molecular complexity index is 840.